The first-order valence-electron chi connectivity index (χ1n) is 9.04. The number of benzene rings is 2. The molecule has 8 heteroatoms. The number of nitrogens with one attached hydrogen (secondary N) is 1. The zero-order valence-corrected chi connectivity index (χ0v) is 15.7. The molecule has 8 nitrogen and oxygen atoms in total. The molecule has 1 N–H and O–H groups in total. The summed E-state index contributed by atoms with van der Waals surface area (Å²) in [6, 6.07) is 10.6. The summed E-state index contributed by atoms with van der Waals surface area (Å²) in [7, 11) is 0. The smallest absolute Gasteiger partial charge is 0.269 e. The summed E-state index contributed by atoms with van der Waals surface area (Å²) in [5.41, 5.74) is 1.70. The van der Waals surface area contributed by atoms with Crippen LogP contribution in [-0.2, 0) is 16.0 Å². The number of hydrogen-bond donors (Lipinski definition) is 1. The molecule has 2 aromatic rings. The van der Waals surface area contributed by atoms with Crippen molar-refractivity contribution < 1.29 is 19.2 Å². The minimum atomic E-state index is -0.789. The van der Waals surface area contributed by atoms with Crippen LogP contribution in [0.2, 0.25) is 0 Å². The average molecular weight is 383 g/mol. The van der Waals surface area contributed by atoms with Crippen molar-refractivity contribution in [3.8, 4) is 5.75 Å². The number of ether oxygens (including phenoxy) is 1. The Morgan fingerprint density at radius 3 is 2.75 bits per heavy atom. The highest BCUT2D eigenvalue weighted by molar-refractivity contribution is 6.06. The number of hydrogen-bond acceptors (Lipinski definition) is 5. The third-order valence-corrected chi connectivity index (χ3v) is 4.62. The Balaban J connectivity index is 1.86. The molecule has 146 valence electrons. The summed E-state index contributed by atoms with van der Waals surface area (Å²) in [5, 5.41) is 13.8. The summed E-state index contributed by atoms with van der Waals surface area (Å²) in [5.74, 6) is -0.0136. The number of rotatable bonds is 6. The SMILES string of the molecule is CCOc1ccccc1NC(=O)C(C)N1C(=O)CCc2cc([N+](=O)[O-])ccc21. The highest BCUT2D eigenvalue weighted by Gasteiger charge is 2.33. The summed E-state index contributed by atoms with van der Waals surface area (Å²) < 4.78 is 5.52. The van der Waals surface area contributed by atoms with Crippen LogP contribution in [0, 0.1) is 10.1 Å². The van der Waals surface area contributed by atoms with Gasteiger partial charge in [0.05, 0.1) is 17.2 Å². The number of carbonyl (C=O) groups is 2. The number of para-hydroxylation sites is 2. The number of nitrogens with zero attached hydrogens (tertiary/aromatic N) is 2. The minimum Gasteiger partial charge on any atom is -0.492 e. The quantitative estimate of drug-likeness (QED) is 0.609. The Morgan fingerprint density at radius 1 is 1.29 bits per heavy atom. The fourth-order valence-electron chi connectivity index (χ4n) is 3.25. The van der Waals surface area contributed by atoms with Gasteiger partial charge in [0, 0.05) is 24.2 Å². The Bertz CT molecular complexity index is 928. The molecular formula is C20H21N3O5. The first-order chi connectivity index (χ1) is 13.4. The molecule has 1 atom stereocenters. The number of carbonyl (C=O) groups excluding carboxylic acids is 2. The first-order valence-corrected chi connectivity index (χ1v) is 9.04. The molecular weight excluding hydrogens is 362 g/mol. The van der Waals surface area contributed by atoms with Gasteiger partial charge in [-0.2, -0.15) is 0 Å². The molecule has 1 aliphatic rings. The van der Waals surface area contributed by atoms with E-state index in [2.05, 4.69) is 5.32 Å². The van der Waals surface area contributed by atoms with Crippen LogP contribution in [0.4, 0.5) is 17.1 Å². The maximum atomic E-state index is 12.8. The lowest BCUT2D eigenvalue weighted by Gasteiger charge is -2.33. The highest BCUT2D eigenvalue weighted by atomic mass is 16.6. The molecule has 1 heterocycles. The van der Waals surface area contributed by atoms with Crippen LogP contribution in [0.25, 0.3) is 0 Å². The van der Waals surface area contributed by atoms with Crippen LogP contribution in [0.15, 0.2) is 42.5 Å². The van der Waals surface area contributed by atoms with Crippen LogP contribution >= 0.6 is 0 Å². The van der Waals surface area contributed by atoms with Gasteiger partial charge in [-0.25, -0.2) is 0 Å². The van der Waals surface area contributed by atoms with Crippen molar-refractivity contribution in [3.63, 3.8) is 0 Å². The van der Waals surface area contributed by atoms with Gasteiger partial charge in [0.2, 0.25) is 11.8 Å². The zero-order chi connectivity index (χ0) is 20.3. The van der Waals surface area contributed by atoms with Gasteiger partial charge in [-0.15, -0.1) is 0 Å². The van der Waals surface area contributed by atoms with Gasteiger partial charge in [-0.1, -0.05) is 12.1 Å². The van der Waals surface area contributed by atoms with E-state index in [0.29, 0.717) is 35.7 Å². The van der Waals surface area contributed by atoms with Crippen LogP contribution in [-0.4, -0.2) is 29.4 Å². The Morgan fingerprint density at radius 2 is 2.04 bits per heavy atom. The molecule has 2 aromatic carbocycles. The number of anilines is 2. The van der Waals surface area contributed by atoms with Gasteiger partial charge in [0.15, 0.2) is 0 Å². The Hall–Kier alpha value is -3.42. The summed E-state index contributed by atoms with van der Waals surface area (Å²) in [4.78, 5) is 37.3. The molecule has 0 saturated heterocycles. The van der Waals surface area contributed by atoms with E-state index in [0.717, 1.165) is 0 Å². The van der Waals surface area contributed by atoms with Crippen LogP contribution in [0.3, 0.4) is 0 Å². The lowest BCUT2D eigenvalue weighted by atomic mass is 9.98. The van der Waals surface area contributed by atoms with Crippen molar-refractivity contribution in [2.45, 2.75) is 32.7 Å². The second-order valence-electron chi connectivity index (χ2n) is 6.43. The van der Waals surface area contributed by atoms with Crippen molar-refractivity contribution in [2.24, 2.45) is 0 Å². The number of fused-ring (bicyclic) bond motifs is 1. The van der Waals surface area contributed by atoms with Gasteiger partial charge in [0.1, 0.15) is 11.8 Å². The van der Waals surface area contributed by atoms with Gasteiger partial charge < -0.3 is 10.1 Å². The topological polar surface area (TPSA) is 102 Å². The first kappa shape index (κ1) is 19.3. The molecule has 0 bridgehead atoms. The van der Waals surface area contributed by atoms with Crippen molar-refractivity contribution in [3.05, 3.63) is 58.1 Å². The molecule has 28 heavy (non-hydrogen) atoms. The van der Waals surface area contributed by atoms with Crippen LogP contribution in [0.1, 0.15) is 25.8 Å². The van der Waals surface area contributed by atoms with Gasteiger partial charge in [-0.3, -0.25) is 24.6 Å². The van der Waals surface area contributed by atoms with E-state index in [9.17, 15) is 19.7 Å². The van der Waals surface area contributed by atoms with Gasteiger partial charge in [0.25, 0.3) is 5.69 Å². The molecule has 1 aliphatic heterocycles. The fraction of sp³-hybridized carbons (Fsp3) is 0.300. The minimum absolute atomic E-state index is 0.0317. The lowest BCUT2D eigenvalue weighted by molar-refractivity contribution is -0.384. The number of nitro benzene ring substituents is 1. The van der Waals surface area contributed by atoms with E-state index in [1.807, 2.05) is 6.92 Å². The maximum Gasteiger partial charge on any atom is 0.269 e. The van der Waals surface area contributed by atoms with E-state index in [4.69, 9.17) is 4.74 Å². The number of nitro groups is 1. The summed E-state index contributed by atoms with van der Waals surface area (Å²) >= 11 is 0. The summed E-state index contributed by atoms with van der Waals surface area (Å²) in [6.07, 6.45) is 0.606. The molecule has 3 rings (SSSR count). The van der Waals surface area contributed by atoms with E-state index in [1.165, 1.54) is 23.1 Å². The molecule has 0 radical (unpaired) electrons. The Labute approximate surface area is 162 Å². The summed E-state index contributed by atoms with van der Waals surface area (Å²) in [6.45, 7) is 3.94. The largest absolute Gasteiger partial charge is 0.492 e. The maximum absolute atomic E-state index is 12.8. The standard InChI is InChI=1S/C20H21N3O5/c1-3-28-18-7-5-4-6-16(18)21-20(25)13(2)22-17-10-9-15(23(26)27)12-14(17)8-11-19(22)24/h4-7,9-10,12-13H,3,8,11H2,1-2H3,(H,21,25). The van der Waals surface area contributed by atoms with Crippen molar-refractivity contribution in [1.29, 1.82) is 0 Å². The van der Waals surface area contributed by atoms with Crippen LogP contribution in [0.5, 0.6) is 5.75 Å². The monoisotopic (exact) mass is 383 g/mol. The van der Waals surface area contributed by atoms with Crippen molar-refractivity contribution >= 4 is 28.9 Å². The number of non-ortho nitro benzene ring substituents is 1. The number of amides is 2. The second-order valence-corrected chi connectivity index (χ2v) is 6.43. The van der Waals surface area contributed by atoms with Crippen molar-refractivity contribution in [1.82, 2.24) is 0 Å². The van der Waals surface area contributed by atoms with Gasteiger partial charge in [-0.05, 0) is 44.0 Å². The van der Waals surface area contributed by atoms with Gasteiger partial charge >= 0.3 is 0 Å². The van der Waals surface area contributed by atoms with Crippen molar-refractivity contribution in [2.75, 3.05) is 16.8 Å². The second kappa shape index (κ2) is 8.08. The highest BCUT2D eigenvalue weighted by Crippen LogP contribution is 2.33. The molecule has 0 aromatic heterocycles. The molecule has 1 unspecified atom stereocenters. The van der Waals surface area contributed by atoms with E-state index in [1.54, 1.807) is 31.2 Å². The third kappa shape index (κ3) is 3.80. The molecule has 2 amide bonds. The number of aryl methyl sites for hydroxylation is 1. The van der Waals surface area contributed by atoms with E-state index < -0.39 is 11.0 Å². The Kier molecular flexibility index (Phi) is 5.58. The fourth-order valence-corrected chi connectivity index (χ4v) is 3.25. The molecule has 0 fully saturated rings. The van der Waals surface area contributed by atoms with E-state index >= 15 is 0 Å². The molecule has 0 aliphatic carbocycles. The third-order valence-electron chi connectivity index (χ3n) is 4.62. The zero-order valence-electron chi connectivity index (χ0n) is 15.7. The van der Waals surface area contributed by atoms with E-state index in [-0.39, 0.29) is 23.9 Å². The predicted molar refractivity (Wildman–Crippen MR) is 105 cm³/mol. The molecule has 0 spiro atoms. The normalized spacial score (nSPS) is 14.2. The average Bonchev–Trinajstić information content (AvgIpc) is 2.68. The predicted octanol–water partition coefficient (Wildman–Crippen LogP) is 3.30. The van der Waals surface area contributed by atoms with Crippen LogP contribution < -0.4 is 15.0 Å². The molecule has 0 saturated carbocycles. The lowest BCUT2D eigenvalue weighted by Crippen LogP contribution is -2.48.